The second kappa shape index (κ2) is 8.92. The van der Waals surface area contributed by atoms with E-state index in [1.165, 1.54) is 10.6 Å². The minimum Gasteiger partial charge on any atom is -0.397 e. The monoisotopic (exact) mass is 450 g/mol. The number of hydrogen-bond donors (Lipinski definition) is 2. The Morgan fingerprint density at radius 1 is 1.00 bits per heavy atom. The van der Waals surface area contributed by atoms with Gasteiger partial charge in [0.2, 0.25) is 10.0 Å². The Labute approximate surface area is 188 Å². The molecule has 0 radical (unpaired) electrons. The Bertz CT molecular complexity index is 1200. The first kappa shape index (κ1) is 21.7. The lowest BCUT2D eigenvalue weighted by atomic mass is 10.1. The first-order valence-corrected chi connectivity index (χ1v) is 12.2. The fourth-order valence-electron chi connectivity index (χ4n) is 4.04. The molecule has 32 heavy (non-hydrogen) atoms. The van der Waals surface area contributed by atoms with Crippen LogP contribution in [0.25, 0.3) is 0 Å². The van der Waals surface area contributed by atoms with E-state index in [0.29, 0.717) is 29.2 Å². The van der Waals surface area contributed by atoms with Crippen molar-refractivity contribution >= 4 is 38.7 Å². The van der Waals surface area contributed by atoms with Gasteiger partial charge in [0.1, 0.15) is 0 Å². The maximum absolute atomic E-state index is 12.6. The summed E-state index contributed by atoms with van der Waals surface area (Å²) < 4.78 is 26.5. The van der Waals surface area contributed by atoms with Crippen LogP contribution in [0.4, 0.5) is 22.7 Å². The molecule has 4 rings (SSSR count). The number of anilines is 4. The summed E-state index contributed by atoms with van der Waals surface area (Å²) in [5, 5.41) is 2.82. The molecule has 0 bridgehead atoms. The molecule has 3 N–H and O–H groups in total. The van der Waals surface area contributed by atoms with E-state index < -0.39 is 10.0 Å². The summed E-state index contributed by atoms with van der Waals surface area (Å²) in [4.78, 5) is 14.7. The first-order valence-electron chi connectivity index (χ1n) is 10.4. The number of para-hydroxylation sites is 3. The number of benzene rings is 3. The highest BCUT2D eigenvalue weighted by atomic mass is 32.2. The molecule has 0 aromatic heterocycles. The number of carbonyl (C=O) groups is 1. The van der Waals surface area contributed by atoms with Crippen LogP contribution in [0.15, 0.2) is 78.9 Å². The van der Waals surface area contributed by atoms with E-state index >= 15 is 0 Å². The predicted molar refractivity (Wildman–Crippen MR) is 130 cm³/mol. The first-order chi connectivity index (χ1) is 15.3. The van der Waals surface area contributed by atoms with E-state index in [1.807, 2.05) is 54.6 Å². The van der Waals surface area contributed by atoms with Crippen molar-refractivity contribution in [1.29, 1.82) is 0 Å². The second-order valence-corrected chi connectivity index (χ2v) is 9.73. The lowest BCUT2D eigenvalue weighted by Crippen LogP contribution is -2.41. The molecule has 166 valence electrons. The van der Waals surface area contributed by atoms with Gasteiger partial charge in [0.25, 0.3) is 5.91 Å². The van der Waals surface area contributed by atoms with Crippen molar-refractivity contribution in [1.82, 2.24) is 0 Å². The number of nitrogens with two attached hydrogens (primary N) is 1. The topological polar surface area (TPSA) is 95.7 Å². The zero-order valence-corrected chi connectivity index (χ0v) is 18.6. The van der Waals surface area contributed by atoms with Gasteiger partial charge in [-0.15, -0.1) is 0 Å². The van der Waals surface area contributed by atoms with E-state index in [0.717, 1.165) is 18.7 Å². The van der Waals surface area contributed by atoms with Gasteiger partial charge < -0.3 is 16.0 Å². The van der Waals surface area contributed by atoms with Gasteiger partial charge in [0, 0.05) is 24.3 Å². The molecule has 1 aliphatic heterocycles. The third-order valence-corrected chi connectivity index (χ3v) is 6.79. The van der Waals surface area contributed by atoms with Gasteiger partial charge >= 0.3 is 0 Å². The van der Waals surface area contributed by atoms with Crippen molar-refractivity contribution in [2.24, 2.45) is 0 Å². The molecule has 0 spiro atoms. The van der Waals surface area contributed by atoms with Gasteiger partial charge in [0.15, 0.2) is 0 Å². The summed E-state index contributed by atoms with van der Waals surface area (Å²) >= 11 is 0. The summed E-state index contributed by atoms with van der Waals surface area (Å²) in [6, 6.07) is 23.5. The highest BCUT2D eigenvalue weighted by molar-refractivity contribution is 7.92. The van der Waals surface area contributed by atoms with E-state index in [9.17, 15) is 13.2 Å². The minimum absolute atomic E-state index is 0.156. The van der Waals surface area contributed by atoms with Crippen LogP contribution in [0.1, 0.15) is 16.8 Å². The second-order valence-electron chi connectivity index (χ2n) is 7.87. The fraction of sp³-hybridized carbons (Fsp3) is 0.208. The van der Waals surface area contributed by atoms with E-state index in [1.54, 1.807) is 24.3 Å². The maximum atomic E-state index is 12.6. The van der Waals surface area contributed by atoms with Gasteiger partial charge in [-0.2, -0.15) is 0 Å². The Morgan fingerprint density at radius 3 is 2.31 bits per heavy atom. The molecule has 0 saturated carbocycles. The van der Waals surface area contributed by atoms with Gasteiger partial charge in [-0.3, -0.25) is 9.10 Å². The number of nitrogen functional groups attached to an aromatic ring is 1. The Hall–Kier alpha value is -3.52. The molecular formula is C24H26N4O3S. The summed E-state index contributed by atoms with van der Waals surface area (Å²) in [5.74, 6) is -0.235. The molecule has 1 heterocycles. The lowest BCUT2D eigenvalue weighted by Gasteiger charge is -2.29. The van der Waals surface area contributed by atoms with Crippen molar-refractivity contribution in [3.05, 3.63) is 84.4 Å². The molecule has 3 aromatic carbocycles. The number of amides is 1. The van der Waals surface area contributed by atoms with Gasteiger partial charge in [0.05, 0.1) is 29.4 Å². The standard InChI is InChI=1S/C24H26N4O3S/c1-32(30,31)28(20-7-3-2-4-8-20)21-15-16-27(17-21)19-13-11-18(12-14-19)24(29)26-23-10-6-5-9-22(23)25/h2-14,21H,15-17,25H2,1H3,(H,26,29)/t21-/m0/s1. The third kappa shape index (κ3) is 4.70. The minimum atomic E-state index is -3.41. The van der Waals surface area contributed by atoms with Crippen molar-refractivity contribution in [2.45, 2.75) is 12.5 Å². The van der Waals surface area contributed by atoms with Gasteiger partial charge in [-0.25, -0.2) is 8.42 Å². The Kier molecular flexibility index (Phi) is 6.05. The largest absolute Gasteiger partial charge is 0.397 e. The fourth-order valence-corrected chi connectivity index (χ4v) is 5.26. The molecule has 1 amide bonds. The number of sulfonamides is 1. The Balaban J connectivity index is 1.46. The van der Waals surface area contributed by atoms with Crippen LogP contribution in [0, 0.1) is 0 Å². The Morgan fingerprint density at radius 2 is 1.66 bits per heavy atom. The van der Waals surface area contributed by atoms with Gasteiger partial charge in [-0.1, -0.05) is 30.3 Å². The average Bonchev–Trinajstić information content (AvgIpc) is 3.24. The van der Waals surface area contributed by atoms with Crippen molar-refractivity contribution < 1.29 is 13.2 Å². The summed E-state index contributed by atoms with van der Waals surface area (Å²) in [7, 11) is -3.41. The lowest BCUT2D eigenvalue weighted by molar-refractivity contribution is 0.102. The highest BCUT2D eigenvalue weighted by Gasteiger charge is 2.33. The number of carbonyl (C=O) groups excluding carboxylic acids is 1. The molecule has 0 aliphatic carbocycles. The summed E-state index contributed by atoms with van der Waals surface area (Å²) in [6.45, 7) is 1.31. The van der Waals surface area contributed by atoms with E-state index in [2.05, 4.69) is 10.2 Å². The van der Waals surface area contributed by atoms with E-state index in [4.69, 9.17) is 5.73 Å². The average molecular weight is 451 g/mol. The predicted octanol–water partition coefficient (Wildman–Crippen LogP) is 3.57. The highest BCUT2D eigenvalue weighted by Crippen LogP contribution is 2.29. The van der Waals surface area contributed by atoms with Crippen LogP contribution >= 0.6 is 0 Å². The van der Waals surface area contributed by atoms with Crippen LogP contribution in [0.3, 0.4) is 0 Å². The van der Waals surface area contributed by atoms with Crippen LogP contribution in [-0.4, -0.2) is 39.7 Å². The molecule has 3 aromatic rings. The zero-order chi connectivity index (χ0) is 22.7. The van der Waals surface area contributed by atoms with Crippen molar-refractivity contribution in [2.75, 3.05) is 39.6 Å². The molecule has 1 saturated heterocycles. The smallest absolute Gasteiger partial charge is 0.255 e. The number of nitrogens with one attached hydrogen (secondary N) is 1. The van der Waals surface area contributed by atoms with Crippen LogP contribution in [-0.2, 0) is 10.0 Å². The third-order valence-electron chi connectivity index (χ3n) is 5.57. The van der Waals surface area contributed by atoms with Gasteiger partial charge in [-0.05, 0) is 55.0 Å². The number of rotatable bonds is 6. The molecule has 0 unspecified atom stereocenters. The van der Waals surface area contributed by atoms with Crippen LogP contribution < -0.4 is 20.3 Å². The SMILES string of the molecule is CS(=O)(=O)N(c1ccccc1)[C@H]1CCN(c2ccc(C(=O)Nc3ccccc3N)cc2)C1. The molecular weight excluding hydrogens is 424 g/mol. The molecule has 1 aliphatic rings. The molecule has 7 nitrogen and oxygen atoms in total. The van der Waals surface area contributed by atoms with E-state index in [-0.39, 0.29) is 11.9 Å². The van der Waals surface area contributed by atoms with Crippen LogP contribution in [0.2, 0.25) is 0 Å². The zero-order valence-electron chi connectivity index (χ0n) is 17.8. The van der Waals surface area contributed by atoms with Crippen molar-refractivity contribution in [3.63, 3.8) is 0 Å². The maximum Gasteiger partial charge on any atom is 0.255 e. The van der Waals surface area contributed by atoms with Crippen LogP contribution in [0.5, 0.6) is 0 Å². The molecule has 1 atom stereocenters. The quantitative estimate of drug-likeness (QED) is 0.560. The normalized spacial score (nSPS) is 16.0. The molecule has 8 heteroatoms. The number of nitrogens with zero attached hydrogens (tertiary/aromatic N) is 2. The summed E-state index contributed by atoms with van der Waals surface area (Å²) in [6.07, 6.45) is 1.97. The molecule has 1 fully saturated rings. The summed E-state index contributed by atoms with van der Waals surface area (Å²) in [5.41, 5.74) is 9.13. The number of hydrogen-bond acceptors (Lipinski definition) is 5. The van der Waals surface area contributed by atoms with Crippen molar-refractivity contribution in [3.8, 4) is 0 Å².